The van der Waals surface area contributed by atoms with E-state index in [2.05, 4.69) is 23.5 Å². The van der Waals surface area contributed by atoms with Crippen LogP contribution in [0.5, 0.6) is 0 Å². The molecule has 2 aliphatic rings. The molecule has 2 N–H and O–H groups in total. The molecule has 2 amide bonds. The van der Waals surface area contributed by atoms with E-state index in [4.69, 9.17) is 0 Å². The van der Waals surface area contributed by atoms with Crippen LogP contribution >= 0.6 is 0 Å². The van der Waals surface area contributed by atoms with Crippen molar-refractivity contribution in [3.05, 3.63) is 90.2 Å². The van der Waals surface area contributed by atoms with Gasteiger partial charge in [0.1, 0.15) is 18.3 Å². The van der Waals surface area contributed by atoms with E-state index in [1.807, 2.05) is 42.6 Å². The maximum absolute atomic E-state index is 12.5. The lowest BCUT2D eigenvalue weighted by atomic mass is 10.0. The molecule has 7 nitrogen and oxygen atoms in total. The number of anilines is 2. The van der Waals surface area contributed by atoms with Gasteiger partial charge in [-0.3, -0.25) is 14.1 Å². The Kier molecular flexibility index (Phi) is 5.94. The highest BCUT2D eigenvalue weighted by Crippen LogP contribution is 2.27. The molecule has 0 spiro atoms. The smallest absolute Gasteiger partial charge is 0.282 e. The van der Waals surface area contributed by atoms with Gasteiger partial charge in [0.2, 0.25) is 0 Å². The summed E-state index contributed by atoms with van der Waals surface area (Å²) >= 11 is 0. The predicted octanol–water partition coefficient (Wildman–Crippen LogP) is 3.10. The highest BCUT2D eigenvalue weighted by molar-refractivity contribution is 6.29. The van der Waals surface area contributed by atoms with E-state index in [1.54, 1.807) is 32.2 Å². The van der Waals surface area contributed by atoms with E-state index in [-0.39, 0.29) is 24.1 Å². The van der Waals surface area contributed by atoms with Crippen LogP contribution in [0.15, 0.2) is 84.6 Å². The Morgan fingerprint density at radius 1 is 1.06 bits per heavy atom. The van der Waals surface area contributed by atoms with E-state index in [0.29, 0.717) is 23.4 Å². The van der Waals surface area contributed by atoms with Crippen molar-refractivity contribution >= 4 is 28.8 Å². The average molecular weight is 432 g/mol. The summed E-state index contributed by atoms with van der Waals surface area (Å²) in [7, 11) is 1.58. The van der Waals surface area contributed by atoms with Crippen molar-refractivity contribution in [2.45, 2.75) is 6.92 Å². The monoisotopic (exact) mass is 431 g/mol. The molecule has 4 rings (SSSR count). The van der Waals surface area contributed by atoms with Crippen molar-refractivity contribution in [3.63, 3.8) is 0 Å². The van der Waals surface area contributed by atoms with Crippen LogP contribution in [0, 0.1) is 0 Å². The van der Waals surface area contributed by atoms with E-state index in [1.165, 1.54) is 10.0 Å². The summed E-state index contributed by atoms with van der Waals surface area (Å²) in [6, 6.07) is 17.5. The molecule has 164 valence electrons. The van der Waals surface area contributed by atoms with Crippen LogP contribution in [0.1, 0.15) is 12.5 Å². The number of nitrogens with zero attached hydrogens (tertiary/aromatic N) is 3. The summed E-state index contributed by atoms with van der Waals surface area (Å²) in [6.07, 6.45) is 7.75. The van der Waals surface area contributed by atoms with Gasteiger partial charge in [0, 0.05) is 12.7 Å². The molecule has 0 radical (unpaired) electrons. The quantitative estimate of drug-likeness (QED) is 0.419. The maximum atomic E-state index is 12.5. The highest BCUT2D eigenvalue weighted by atomic mass is 16.3. The van der Waals surface area contributed by atoms with Crippen LogP contribution in [-0.4, -0.2) is 53.4 Å². The normalized spacial score (nSPS) is 22.0. The zero-order valence-electron chi connectivity index (χ0n) is 18.2. The second kappa shape index (κ2) is 8.82. The minimum Gasteiger partial charge on any atom is -0.347 e. The topological polar surface area (TPSA) is 72.9 Å². The van der Waals surface area contributed by atoms with Gasteiger partial charge in [-0.15, -0.1) is 0 Å². The highest BCUT2D eigenvalue weighted by Gasteiger charge is 2.39. The van der Waals surface area contributed by atoms with Crippen molar-refractivity contribution in [1.29, 1.82) is 0 Å². The zero-order valence-corrected chi connectivity index (χ0v) is 18.2. The van der Waals surface area contributed by atoms with Gasteiger partial charge in [0.25, 0.3) is 11.8 Å². The Morgan fingerprint density at radius 3 is 2.34 bits per heavy atom. The fourth-order valence-electron chi connectivity index (χ4n) is 3.88. The first-order valence-corrected chi connectivity index (χ1v) is 10.5. The Labute approximate surface area is 187 Å². The number of aliphatic hydroxyl groups is 1. The van der Waals surface area contributed by atoms with Gasteiger partial charge in [0.15, 0.2) is 13.4 Å². The van der Waals surface area contributed by atoms with Gasteiger partial charge < -0.3 is 10.4 Å². The Balaban J connectivity index is 1.42. The summed E-state index contributed by atoms with van der Waals surface area (Å²) in [4.78, 5) is 24.7. The van der Waals surface area contributed by atoms with E-state index in [9.17, 15) is 14.7 Å². The second-order valence-electron chi connectivity index (χ2n) is 7.91. The summed E-state index contributed by atoms with van der Waals surface area (Å²) in [6.45, 7) is 2.84. The first kappa shape index (κ1) is 21.5. The number of hydrogen-bond donors (Lipinski definition) is 2. The predicted molar refractivity (Wildman–Crippen MR) is 125 cm³/mol. The number of carbonyl (C=O) groups excluding carboxylic acids is 2. The number of nitrogens with one attached hydrogen (secondary N) is 1. The fourth-order valence-corrected chi connectivity index (χ4v) is 3.88. The second-order valence-corrected chi connectivity index (χ2v) is 7.91. The summed E-state index contributed by atoms with van der Waals surface area (Å²) in [5.41, 5.74) is 3.95. The molecule has 1 atom stereocenters. The van der Waals surface area contributed by atoms with E-state index in [0.717, 1.165) is 16.8 Å². The van der Waals surface area contributed by atoms with Gasteiger partial charge >= 0.3 is 0 Å². The number of benzene rings is 2. The molecule has 0 aliphatic carbocycles. The van der Waals surface area contributed by atoms with Crippen LogP contribution in [0.25, 0.3) is 5.57 Å². The summed E-state index contributed by atoms with van der Waals surface area (Å²) < 4.78 is 0.366. The van der Waals surface area contributed by atoms with Gasteiger partial charge in [-0.2, -0.15) is 0 Å². The molecule has 1 fully saturated rings. The molecule has 1 unspecified atom stereocenters. The minimum atomic E-state index is -0.329. The molecule has 32 heavy (non-hydrogen) atoms. The number of quaternary nitrogens is 1. The maximum Gasteiger partial charge on any atom is 0.282 e. The van der Waals surface area contributed by atoms with Crippen molar-refractivity contribution in [1.82, 2.24) is 5.01 Å². The molecule has 1 saturated heterocycles. The zero-order chi connectivity index (χ0) is 22.7. The molecule has 2 aliphatic heterocycles. The number of hydrazine groups is 1. The van der Waals surface area contributed by atoms with E-state index >= 15 is 0 Å². The number of amides is 2. The third-order valence-electron chi connectivity index (χ3n) is 5.88. The van der Waals surface area contributed by atoms with Crippen molar-refractivity contribution in [2.24, 2.45) is 0 Å². The standard InChI is InChI=1S/C25H27N4O3/c1-3-23-24(31)27(2)28(25(23)32)22-11-9-21(10-12-22)26-17-29(18-30)15-13-20(14-16-29)19-7-5-4-6-8-19/h3-15,26,30H,16-18H2,1-2H3/q+1/b23-3+. The fraction of sp³-hybridized carbons (Fsp3) is 0.200. The Bertz CT molecular complexity index is 1110. The number of carbonyl (C=O) groups is 2. The Morgan fingerprint density at radius 2 is 1.78 bits per heavy atom. The third-order valence-corrected chi connectivity index (χ3v) is 5.88. The number of rotatable bonds is 6. The summed E-state index contributed by atoms with van der Waals surface area (Å²) in [5, 5.41) is 16.1. The van der Waals surface area contributed by atoms with E-state index < -0.39 is 0 Å². The van der Waals surface area contributed by atoms with Crippen LogP contribution in [-0.2, 0) is 9.59 Å². The molecular formula is C25H27N4O3+. The molecule has 2 aromatic carbocycles. The summed E-state index contributed by atoms with van der Waals surface area (Å²) in [5.74, 6) is -0.640. The van der Waals surface area contributed by atoms with Crippen molar-refractivity contribution < 1.29 is 19.2 Å². The van der Waals surface area contributed by atoms with Gasteiger partial charge in [-0.25, -0.2) is 10.0 Å². The van der Waals surface area contributed by atoms with Crippen LogP contribution < -0.4 is 10.3 Å². The molecule has 2 aromatic rings. The lowest BCUT2D eigenvalue weighted by Crippen LogP contribution is -2.48. The molecule has 0 saturated carbocycles. The number of hydrogen-bond acceptors (Lipinski definition) is 4. The first-order chi connectivity index (χ1) is 15.5. The molecule has 0 aromatic heterocycles. The van der Waals surface area contributed by atoms with Gasteiger partial charge in [0.05, 0.1) is 5.69 Å². The lowest BCUT2D eigenvalue weighted by molar-refractivity contribution is -0.890. The van der Waals surface area contributed by atoms with Crippen LogP contribution in [0.2, 0.25) is 0 Å². The lowest BCUT2D eigenvalue weighted by Gasteiger charge is -2.34. The molecular weight excluding hydrogens is 404 g/mol. The first-order valence-electron chi connectivity index (χ1n) is 10.5. The van der Waals surface area contributed by atoms with Gasteiger partial charge in [-0.05, 0) is 54.5 Å². The van der Waals surface area contributed by atoms with Crippen molar-refractivity contribution in [3.8, 4) is 0 Å². The average Bonchev–Trinajstić information content (AvgIpc) is 3.06. The molecule has 7 heteroatoms. The van der Waals surface area contributed by atoms with Crippen molar-refractivity contribution in [2.75, 3.05) is 37.3 Å². The van der Waals surface area contributed by atoms with Gasteiger partial charge in [-0.1, -0.05) is 36.4 Å². The Hall–Kier alpha value is -3.68. The SMILES string of the molecule is C/C=C1\C(=O)N(C)N(c2ccc(NC[N+]3(CO)C=CC(c4ccccc4)=CC3)cc2)C1=O. The number of aliphatic hydroxyl groups excluding tert-OH is 1. The largest absolute Gasteiger partial charge is 0.347 e. The third kappa shape index (κ3) is 3.95. The minimum absolute atomic E-state index is 0.0263. The van der Waals surface area contributed by atoms with Crippen LogP contribution in [0.3, 0.4) is 0 Å². The number of allylic oxidation sites excluding steroid dienone is 3. The number of likely N-dealkylation sites (N-methyl/N-ethyl adjacent to an activating group) is 1. The molecule has 2 heterocycles. The van der Waals surface area contributed by atoms with Crippen LogP contribution in [0.4, 0.5) is 11.4 Å². The molecule has 0 bridgehead atoms.